The minimum absolute atomic E-state index is 0.100. The zero-order valence-electron chi connectivity index (χ0n) is 17.0. The van der Waals surface area contributed by atoms with Crippen LogP contribution in [-0.4, -0.2) is 73.7 Å². The lowest BCUT2D eigenvalue weighted by atomic mass is 9.97. The van der Waals surface area contributed by atoms with E-state index in [0.29, 0.717) is 0 Å². The number of terminal acetylenes is 1. The minimum Gasteiger partial charge on any atom is -0.463 e. The first-order chi connectivity index (χ1) is 14.0. The molecule has 0 radical (unpaired) electrons. The molecule has 1 heterocycles. The van der Waals surface area contributed by atoms with Crippen LogP contribution in [0.2, 0.25) is 0 Å². The van der Waals surface area contributed by atoms with Crippen molar-refractivity contribution >= 4 is 29.9 Å². The molecule has 0 aromatic carbocycles. The highest BCUT2D eigenvalue weighted by atomic mass is 16.7. The van der Waals surface area contributed by atoms with Gasteiger partial charge in [0.1, 0.15) is 12.7 Å². The predicted molar refractivity (Wildman–Crippen MR) is 97.3 cm³/mol. The van der Waals surface area contributed by atoms with E-state index < -0.39 is 67.2 Å². The molecule has 0 saturated carbocycles. The SMILES string of the molecule is C#CCNC(=O)N[C@@H]1OC(COC(C)=O)[C@H](OC(C)=O)C(OC(C)=O)C1OC(C)=O. The van der Waals surface area contributed by atoms with Gasteiger partial charge in [-0.1, -0.05) is 5.92 Å². The van der Waals surface area contributed by atoms with Crippen molar-refractivity contribution in [3.63, 3.8) is 0 Å². The fraction of sp³-hybridized carbons (Fsp3) is 0.611. The molecule has 12 heteroatoms. The summed E-state index contributed by atoms with van der Waals surface area (Å²) in [7, 11) is 0. The van der Waals surface area contributed by atoms with Crippen molar-refractivity contribution in [1.29, 1.82) is 0 Å². The molecule has 5 atom stereocenters. The number of nitrogens with one attached hydrogen (secondary N) is 2. The van der Waals surface area contributed by atoms with E-state index in [1.807, 2.05) is 0 Å². The molecule has 0 aliphatic carbocycles. The van der Waals surface area contributed by atoms with Crippen molar-refractivity contribution in [2.75, 3.05) is 13.2 Å². The number of amides is 2. The van der Waals surface area contributed by atoms with Gasteiger partial charge in [-0.3, -0.25) is 19.2 Å². The van der Waals surface area contributed by atoms with Crippen molar-refractivity contribution in [3.05, 3.63) is 0 Å². The number of rotatable bonds is 7. The Balaban J connectivity index is 3.29. The maximum atomic E-state index is 12.0. The van der Waals surface area contributed by atoms with Crippen LogP contribution >= 0.6 is 0 Å². The first kappa shape index (κ1) is 24.7. The Bertz CT molecular complexity index is 716. The number of urea groups is 1. The van der Waals surface area contributed by atoms with Gasteiger partial charge >= 0.3 is 29.9 Å². The summed E-state index contributed by atoms with van der Waals surface area (Å²) in [6.07, 6.45) is -1.50. The Labute approximate surface area is 172 Å². The maximum absolute atomic E-state index is 12.0. The van der Waals surface area contributed by atoms with Crippen LogP contribution in [0, 0.1) is 12.3 Å². The third-order valence-electron chi connectivity index (χ3n) is 3.62. The molecule has 2 amide bonds. The van der Waals surface area contributed by atoms with Gasteiger partial charge in [0, 0.05) is 27.7 Å². The van der Waals surface area contributed by atoms with Gasteiger partial charge in [0.25, 0.3) is 0 Å². The zero-order chi connectivity index (χ0) is 22.8. The quantitative estimate of drug-likeness (QED) is 0.293. The lowest BCUT2D eigenvalue weighted by Crippen LogP contribution is -2.66. The molecule has 30 heavy (non-hydrogen) atoms. The van der Waals surface area contributed by atoms with Crippen LogP contribution in [0.3, 0.4) is 0 Å². The fourth-order valence-corrected chi connectivity index (χ4v) is 2.66. The topological polar surface area (TPSA) is 156 Å². The Morgan fingerprint density at radius 2 is 1.40 bits per heavy atom. The summed E-state index contributed by atoms with van der Waals surface area (Å²) in [5.74, 6) is -0.765. The Morgan fingerprint density at radius 3 is 1.90 bits per heavy atom. The standard InChI is InChI=1S/C18H24N2O10/c1-6-7-19-18(25)20-17-16(29-12(5)24)15(28-11(4)23)14(27-10(3)22)13(30-17)8-26-9(2)21/h1,13-17H,7-8H2,2-5H3,(H2,19,20,25)/t13?,14-,15?,16?,17+/m0/s1. The first-order valence-corrected chi connectivity index (χ1v) is 8.83. The molecule has 0 spiro atoms. The average molecular weight is 428 g/mol. The van der Waals surface area contributed by atoms with Crippen LogP contribution in [0.5, 0.6) is 0 Å². The molecule has 166 valence electrons. The summed E-state index contributed by atoms with van der Waals surface area (Å²) < 4.78 is 26.2. The summed E-state index contributed by atoms with van der Waals surface area (Å²) in [4.78, 5) is 58.2. The lowest BCUT2D eigenvalue weighted by molar-refractivity contribution is -0.255. The third kappa shape index (κ3) is 7.96. The van der Waals surface area contributed by atoms with E-state index >= 15 is 0 Å². The van der Waals surface area contributed by atoms with Crippen molar-refractivity contribution in [2.45, 2.75) is 58.3 Å². The Kier molecular flexibility index (Phi) is 9.57. The van der Waals surface area contributed by atoms with E-state index in [2.05, 4.69) is 16.6 Å². The second kappa shape index (κ2) is 11.6. The molecule has 1 fully saturated rings. The highest BCUT2D eigenvalue weighted by Crippen LogP contribution is 2.28. The molecule has 0 bridgehead atoms. The highest BCUT2D eigenvalue weighted by molar-refractivity contribution is 5.74. The third-order valence-corrected chi connectivity index (χ3v) is 3.62. The van der Waals surface area contributed by atoms with Gasteiger partial charge in [-0.05, 0) is 0 Å². The monoisotopic (exact) mass is 428 g/mol. The van der Waals surface area contributed by atoms with E-state index in [1.165, 1.54) is 0 Å². The molecule has 12 nitrogen and oxygen atoms in total. The van der Waals surface area contributed by atoms with Gasteiger partial charge in [0.05, 0.1) is 6.54 Å². The van der Waals surface area contributed by atoms with Crippen LogP contribution < -0.4 is 10.6 Å². The van der Waals surface area contributed by atoms with Crippen LogP contribution in [-0.2, 0) is 42.9 Å². The van der Waals surface area contributed by atoms with E-state index in [1.54, 1.807) is 0 Å². The van der Waals surface area contributed by atoms with E-state index in [4.69, 9.17) is 30.1 Å². The molecule has 1 saturated heterocycles. The second-order valence-electron chi connectivity index (χ2n) is 6.15. The molecular weight excluding hydrogens is 404 g/mol. The summed E-state index contributed by atoms with van der Waals surface area (Å²) in [6, 6.07) is -0.770. The van der Waals surface area contributed by atoms with Gasteiger partial charge in [-0.25, -0.2) is 4.79 Å². The van der Waals surface area contributed by atoms with Crippen LogP contribution in [0.15, 0.2) is 0 Å². The normalized spacial score (nSPS) is 25.1. The van der Waals surface area contributed by atoms with Crippen molar-refractivity contribution in [3.8, 4) is 12.3 Å². The van der Waals surface area contributed by atoms with E-state index in [9.17, 15) is 24.0 Å². The number of hydrogen-bond donors (Lipinski definition) is 2. The minimum atomic E-state index is -1.39. The molecule has 1 rings (SSSR count). The first-order valence-electron chi connectivity index (χ1n) is 8.83. The maximum Gasteiger partial charge on any atom is 0.317 e. The van der Waals surface area contributed by atoms with Crippen molar-refractivity contribution in [1.82, 2.24) is 10.6 Å². The zero-order valence-corrected chi connectivity index (χ0v) is 17.0. The Hall–Kier alpha value is -3.33. The molecule has 1 aliphatic heterocycles. The number of ether oxygens (including phenoxy) is 5. The van der Waals surface area contributed by atoms with Crippen LogP contribution in [0.25, 0.3) is 0 Å². The largest absolute Gasteiger partial charge is 0.463 e. The summed E-state index contributed by atoms with van der Waals surface area (Å²) in [6.45, 7) is 3.93. The molecule has 3 unspecified atom stereocenters. The molecule has 2 N–H and O–H groups in total. The van der Waals surface area contributed by atoms with E-state index in [-0.39, 0.29) is 6.54 Å². The van der Waals surface area contributed by atoms with Gasteiger partial charge < -0.3 is 34.3 Å². The lowest BCUT2D eigenvalue weighted by Gasteiger charge is -2.44. The Morgan fingerprint density at radius 1 is 0.867 bits per heavy atom. The van der Waals surface area contributed by atoms with Crippen molar-refractivity contribution < 1.29 is 47.7 Å². The number of esters is 4. The molecule has 0 aromatic rings. The smallest absolute Gasteiger partial charge is 0.317 e. The second-order valence-corrected chi connectivity index (χ2v) is 6.15. The summed E-state index contributed by atoms with van der Waals surface area (Å²) in [5, 5.41) is 4.72. The number of hydrogen-bond acceptors (Lipinski definition) is 10. The van der Waals surface area contributed by atoms with Crippen LogP contribution in [0.4, 0.5) is 4.79 Å². The number of carbonyl (C=O) groups is 5. The summed E-state index contributed by atoms with van der Waals surface area (Å²) >= 11 is 0. The van der Waals surface area contributed by atoms with Gasteiger partial charge in [-0.15, -0.1) is 6.42 Å². The van der Waals surface area contributed by atoms with E-state index in [0.717, 1.165) is 27.7 Å². The molecule has 1 aliphatic rings. The fourth-order valence-electron chi connectivity index (χ4n) is 2.66. The molecule has 0 aromatic heterocycles. The molecular formula is C18H24N2O10. The van der Waals surface area contributed by atoms with Crippen LogP contribution in [0.1, 0.15) is 27.7 Å². The predicted octanol–water partition coefficient (Wildman–Crippen LogP) is -0.998. The van der Waals surface area contributed by atoms with Gasteiger partial charge in [-0.2, -0.15) is 0 Å². The highest BCUT2D eigenvalue weighted by Gasteiger charge is 2.52. The average Bonchev–Trinajstić information content (AvgIpc) is 2.62. The van der Waals surface area contributed by atoms with Gasteiger partial charge in [0.2, 0.25) is 0 Å². The number of carbonyl (C=O) groups excluding carboxylic acids is 5. The summed E-state index contributed by atoms with van der Waals surface area (Å²) in [5.41, 5.74) is 0. The van der Waals surface area contributed by atoms with Gasteiger partial charge in [0.15, 0.2) is 24.5 Å². The van der Waals surface area contributed by atoms with Crippen molar-refractivity contribution in [2.24, 2.45) is 0 Å².